The summed E-state index contributed by atoms with van der Waals surface area (Å²) in [5, 5.41) is 3.25. The maximum Gasteiger partial charge on any atom is 0.253 e. The van der Waals surface area contributed by atoms with Crippen molar-refractivity contribution in [2.24, 2.45) is 23.2 Å². The van der Waals surface area contributed by atoms with Crippen LogP contribution in [0.1, 0.15) is 45.3 Å². The zero-order valence-electron chi connectivity index (χ0n) is 14.0. The van der Waals surface area contributed by atoms with Crippen LogP contribution in [0.4, 0.5) is 0 Å². The Labute approximate surface area is 133 Å². The monoisotopic (exact) mass is 301 g/mol. The van der Waals surface area contributed by atoms with Crippen LogP contribution in [-0.2, 0) is 9.53 Å². The van der Waals surface area contributed by atoms with E-state index in [-0.39, 0.29) is 11.9 Å². The summed E-state index contributed by atoms with van der Waals surface area (Å²) in [5.41, 5.74) is 1.36. The number of carbonyl (C=O) groups excluding carboxylic acids is 1. The van der Waals surface area contributed by atoms with Gasteiger partial charge in [-0.15, -0.1) is 0 Å². The normalized spacial score (nSPS) is 33.6. The van der Waals surface area contributed by atoms with Gasteiger partial charge in [0.1, 0.15) is 0 Å². The third-order valence-electron chi connectivity index (χ3n) is 6.26. The molecule has 3 heteroatoms. The first kappa shape index (κ1) is 15.5. The molecule has 5 atom stereocenters. The molecule has 3 nitrogen and oxygen atoms in total. The number of hydrogen-bond donors (Lipinski definition) is 1. The molecule has 3 fully saturated rings. The zero-order chi connectivity index (χ0) is 15.9. The summed E-state index contributed by atoms with van der Waals surface area (Å²) in [4.78, 5) is 12.6. The summed E-state index contributed by atoms with van der Waals surface area (Å²) >= 11 is 0. The Bertz CT molecular complexity index is 540. The Kier molecular flexibility index (Phi) is 4.02. The molecule has 120 valence electrons. The van der Waals surface area contributed by atoms with Crippen molar-refractivity contribution in [3.8, 4) is 0 Å². The number of rotatable bonds is 4. The van der Waals surface area contributed by atoms with E-state index in [2.05, 4.69) is 26.1 Å². The Morgan fingerprint density at radius 1 is 1.27 bits per heavy atom. The average Bonchev–Trinajstić information content (AvgIpc) is 2.50. The number of carbonyl (C=O) groups is 1. The predicted molar refractivity (Wildman–Crippen MR) is 87.3 cm³/mol. The Hall–Kier alpha value is -1.35. The second-order valence-electron chi connectivity index (χ2n) is 7.60. The van der Waals surface area contributed by atoms with Gasteiger partial charge in [0.2, 0.25) is 0 Å². The van der Waals surface area contributed by atoms with Crippen molar-refractivity contribution in [3.63, 3.8) is 0 Å². The van der Waals surface area contributed by atoms with E-state index < -0.39 is 6.10 Å². The van der Waals surface area contributed by atoms with Gasteiger partial charge < -0.3 is 10.1 Å². The van der Waals surface area contributed by atoms with Gasteiger partial charge in [0.05, 0.1) is 0 Å². The van der Waals surface area contributed by atoms with Crippen LogP contribution in [0.25, 0.3) is 0 Å². The standard InChI is InChI=1S/C19H27NO2/c1-12-15-10-14(19(15,2)3)11-16(12)20-18(21)17(22-4)13-8-6-5-7-9-13/h5-9,12,14-17H,10-11H2,1-4H3,(H,20,21)/t12-,14-,15+,16-,17+/m0/s1. The number of methoxy groups -OCH3 is 1. The quantitative estimate of drug-likeness (QED) is 0.923. The van der Waals surface area contributed by atoms with E-state index in [1.54, 1.807) is 7.11 Å². The average molecular weight is 301 g/mol. The second-order valence-corrected chi connectivity index (χ2v) is 7.60. The van der Waals surface area contributed by atoms with Crippen molar-refractivity contribution >= 4 is 5.91 Å². The van der Waals surface area contributed by atoms with E-state index in [0.29, 0.717) is 11.3 Å². The Morgan fingerprint density at radius 3 is 2.50 bits per heavy atom. The molecule has 1 N–H and O–H groups in total. The molecule has 0 aromatic heterocycles. The molecule has 3 aliphatic rings. The van der Waals surface area contributed by atoms with E-state index in [4.69, 9.17) is 4.74 Å². The Balaban J connectivity index is 1.67. The number of fused-ring (bicyclic) bond motifs is 2. The highest BCUT2D eigenvalue weighted by Crippen LogP contribution is 2.61. The lowest BCUT2D eigenvalue weighted by Crippen LogP contribution is -2.61. The van der Waals surface area contributed by atoms with Gasteiger partial charge >= 0.3 is 0 Å². The minimum absolute atomic E-state index is 0.00958. The molecular weight excluding hydrogens is 274 g/mol. The summed E-state index contributed by atoms with van der Waals surface area (Å²) in [6.07, 6.45) is 1.91. The largest absolute Gasteiger partial charge is 0.367 e. The van der Waals surface area contributed by atoms with Gasteiger partial charge in [0, 0.05) is 13.2 Å². The molecule has 3 aliphatic carbocycles. The van der Waals surface area contributed by atoms with Gasteiger partial charge in [-0.05, 0) is 41.6 Å². The van der Waals surface area contributed by atoms with Crippen LogP contribution in [0, 0.1) is 23.2 Å². The third-order valence-corrected chi connectivity index (χ3v) is 6.26. The molecule has 0 saturated heterocycles. The van der Waals surface area contributed by atoms with Crippen molar-refractivity contribution in [3.05, 3.63) is 35.9 Å². The smallest absolute Gasteiger partial charge is 0.253 e. The lowest BCUT2D eigenvalue weighted by atomic mass is 9.45. The molecule has 1 aromatic rings. The van der Waals surface area contributed by atoms with Gasteiger partial charge in [-0.25, -0.2) is 0 Å². The van der Waals surface area contributed by atoms with Crippen LogP contribution in [-0.4, -0.2) is 19.1 Å². The molecular formula is C19H27NO2. The van der Waals surface area contributed by atoms with Gasteiger partial charge in [0.15, 0.2) is 6.10 Å². The molecule has 1 aromatic carbocycles. The number of benzene rings is 1. The van der Waals surface area contributed by atoms with Gasteiger partial charge in [-0.1, -0.05) is 51.1 Å². The first-order valence-electron chi connectivity index (χ1n) is 8.33. The zero-order valence-corrected chi connectivity index (χ0v) is 14.0. The molecule has 22 heavy (non-hydrogen) atoms. The van der Waals surface area contributed by atoms with E-state index in [1.807, 2.05) is 30.3 Å². The van der Waals surface area contributed by atoms with E-state index in [1.165, 1.54) is 6.42 Å². The maximum absolute atomic E-state index is 12.6. The highest BCUT2D eigenvalue weighted by Gasteiger charge is 2.56. The molecule has 0 radical (unpaired) electrons. The summed E-state index contributed by atoms with van der Waals surface area (Å²) in [7, 11) is 1.60. The minimum atomic E-state index is -0.514. The molecule has 0 heterocycles. The fourth-order valence-corrected chi connectivity index (χ4v) is 4.62. The van der Waals surface area contributed by atoms with Crippen molar-refractivity contribution in [2.75, 3.05) is 7.11 Å². The fourth-order valence-electron chi connectivity index (χ4n) is 4.62. The van der Waals surface area contributed by atoms with E-state index in [0.717, 1.165) is 23.8 Å². The van der Waals surface area contributed by atoms with E-state index >= 15 is 0 Å². The molecule has 2 bridgehead atoms. The molecule has 0 spiro atoms. The first-order chi connectivity index (χ1) is 10.4. The number of ether oxygens (including phenoxy) is 1. The fraction of sp³-hybridized carbons (Fsp3) is 0.632. The van der Waals surface area contributed by atoms with Gasteiger partial charge in [-0.3, -0.25) is 4.79 Å². The SMILES string of the molecule is CO[C@@H](C(=O)N[C@H]1C[C@@H]2C[C@H]([C@@H]1C)C2(C)C)c1ccccc1. The minimum Gasteiger partial charge on any atom is -0.367 e. The molecule has 1 amide bonds. The summed E-state index contributed by atoms with van der Waals surface area (Å²) in [6, 6.07) is 10.0. The summed E-state index contributed by atoms with van der Waals surface area (Å²) in [6.45, 7) is 7.04. The van der Waals surface area contributed by atoms with Crippen molar-refractivity contribution in [1.82, 2.24) is 5.32 Å². The number of nitrogens with one attached hydrogen (secondary N) is 1. The highest BCUT2D eigenvalue weighted by molar-refractivity contribution is 5.82. The van der Waals surface area contributed by atoms with Crippen molar-refractivity contribution < 1.29 is 9.53 Å². The second kappa shape index (κ2) is 5.69. The predicted octanol–water partition coefficient (Wildman–Crippen LogP) is 3.56. The molecule has 3 saturated carbocycles. The van der Waals surface area contributed by atoms with Crippen LogP contribution >= 0.6 is 0 Å². The lowest BCUT2D eigenvalue weighted by Gasteiger charge is -2.62. The maximum atomic E-state index is 12.6. The molecule has 4 rings (SSSR count). The lowest BCUT2D eigenvalue weighted by molar-refractivity contribution is -0.141. The van der Waals surface area contributed by atoms with Crippen LogP contribution in [0.15, 0.2) is 30.3 Å². The number of amides is 1. The van der Waals surface area contributed by atoms with Crippen LogP contribution < -0.4 is 5.32 Å². The summed E-state index contributed by atoms with van der Waals surface area (Å²) < 4.78 is 5.44. The van der Waals surface area contributed by atoms with Crippen molar-refractivity contribution in [1.29, 1.82) is 0 Å². The van der Waals surface area contributed by atoms with Crippen LogP contribution in [0.5, 0.6) is 0 Å². The highest BCUT2D eigenvalue weighted by atomic mass is 16.5. The Morgan fingerprint density at radius 2 is 1.95 bits per heavy atom. The topological polar surface area (TPSA) is 38.3 Å². The molecule has 0 aliphatic heterocycles. The van der Waals surface area contributed by atoms with Crippen LogP contribution in [0.2, 0.25) is 0 Å². The number of hydrogen-bond acceptors (Lipinski definition) is 2. The van der Waals surface area contributed by atoms with E-state index in [9.17, 15) is 4.79 Å². The summed E-state index contributed by atoms with van der Waals surface area (Å²) in [5.74, 6) is 2.01. The first-order valence-corrected chi connectivity index (χ1v) is 8.33. The van der Waals surface area contributed by atoms with Gasteiger partial charge in [-0.2, -0.15) is 0 Å². The molecule has 0 unspecified atom stereocenters. The van der Waals surface area contributed by atoms with Gasteiger partial charge in [0.25, 0.3) is 5.91 Å². The third kappa shape index (κ3) is 2.45. The van der Waals surface area contributed by atoms with Crippen molar-refractivity contribution in [2.45, 2.75) is 45.8 Å². The van der Waals surface area contributed by atoms with Crippen LogP contribution in [0.3, 0.4) is 0 Å².